The van der Waals surface area contributed by atoms with Gasteiger partial charge < -0.3 is 28.8 Å². The van der Waals surface area contributed by atoms with Crippen molar-refractivity contribution in [1.29, 1.82) is 0 Å². The lowest BCUT2D eigenvalue weighted by Gasteiger charge is -2.29. The van der Waals surface area contributed by atoms with Gasteiger partial charge in [0.2, 0.25) is 0 Å². The number of aliphatic hydroxyl groups is 1. The van der Waals surface area contributed by atoms with Gasteiger partial charge in [0, 0.05) is 7.11 Å². The highest BCUT2D eigenvalue weighted by atomic mass is 16.8. The molecule has 1 N–H and O–H groups in total. The van der Waals surface area contributed by atoms with E-state index in [-0.39, 0.29) is 6.61 Å². The van der Waals surface area contributed by atoms with E-state index < -0.39 is 42.5 Å². The van der Waals surface area contributed by atoms with E-state index in [1.54, 1.807) is 38.1 Å². The number of carbonyl (C=O) groups is 1. The van der Waals surface area contributed by atoms with E-state index in [2.05, 4.69) is 0 Å². The molecule has 2 saturated heterocycles. The van der Waals surface area contributed by atoms with Gasteiger partial charge in [-0.05, 0) is 26.0 Å². The first-order chi connectivity index (χ1) is 11.4. The van der Waals surface area contributed by atoms with Gasteiger partial charge in [-0.15, -0.1) is 0 Å². The Bertz CT molecular complexity index is 574. The van der Waals surface area contributed by atoms with E-state index in [0.29, 0.717) is 5.56 Å². The molecule has 2 aliphatic rings. The van der Waals surface area contributed by atoms with Crippen molar-refractivity contribution in [3.8, 4) is 0 Å². The van der Waals surface area contributed by atoms with Crippen LogP contribution >= 0.6 is 0 Å². The molecule has 2 heterocycles. The lowest BCUT2D eigenvalue weighted by atomic mass is 10.0. The fourth-order valence-electron chi connectivity index (χ4n) is 3.00. The van der Waals surface area contributed by atoms with Crippen molar-refractivity contribution in [2.45, 2.75) is 50.3 Å². The Morgan fingerprint density at radius 3 is 2.54 bits per heavy atom. The van der Waals surface area contributed by atoms with Crippen LogP contribution in [0.2, 0.25) is 0 Å². The number of methoxy groups -OCH3 is 1. The van der Waals surface area contributed by atoms with E-state index in [0.717, 1.165) is 0 Å². The number of esters is 1. The van der Waals surface area contributed by atoms with Gasteiger partial charge in [0.25, 0.3) is 0 Å². The average Bonchev–Trinajstić information content (AvgIpc) is 2.84. The second-order valence-corrected chi connectivity index (χ2v) is 6.31. The van der Waals surface area contributed by atoms with E-state index >= 15 is 0 Å². The Balaban J connectivity index is 1.85. The van der Waals surface area contributed by atoms with Crippen molar-refractivity contribution in [3.05, 3.63) is 35.9 Å². The zero-order chi connectivity index (χ0) is 17.3. The molecule has 1 aromatic rings. The summed E-state index contributed by atoms with van der Waals surface area (Å²) in [4.78, 5) is 12.4. The SMILES string of the molecule is CO[C@@H]1OC[C@H](O)[C@H]2OC(C)(C)O[C@@H]2[C@H]1OC(=O)c1ccccc1. The molecule has 24 heavy (non-hydrogen) atoms. The molecule has 5 atom stereocenters. The van der Waals surface area contributed by atoms with Gasteiger partial charge in [0.05, 0.1) is 12.2 Å². The van der Waals surface area contributed by atoms with Crippen LogP contribution in [0.5, 0.6) is 0 Å². The highest BCUT2D eigenvalue weighted by Crippen LogP contribution is 2.36. The standard InChI is InChI=1S/C17H22O7/c1-17(2)23-12-11(18)9-21-16(20-3)14(13(12)24-17)22-15(19)10-7-5-4-6-8-10/h4-8,11-14,16,18H,9H2,1-3H3/t11-,12+,13-,14+,16+/m0/s1. The van der Waals surface area contributed by atoms with E-state index in [1.807, 2.05) is 6.07 Å². The van der Waals surface area contributed by atoms with Gasteiger partial charge in [-0.1, -0.05) is 18.2 Å². The highest BCUT2D eigenvalue weighted by Gasteiger charge is 2.54. The molecule has 0 spiro atoms. The number of hydrogen-bond donors (Lipinski definition) is 1. The minimum Gasteiger partial charge on any atom is -0.450 e. The second kappa shape index (κ2) is 6.78. The third-order valence-electron chi connectivity index (χ3n) is 4.05. The Labute approximate surface area is 140 Å². The Hall–Kier alpha value is -1.51. The monoisotopic (exact) mass is 338 g/mol. The van der Waals surface area contributed by atoms with Crippen LogP contribution in [0.4, 0.5) is 0 Å². The number of ether oxygens (including phenoxy) is 5. The molecule has 0 unspecified atom stereocenters. The molecule has 0 bridgehead atoms. The fourth-order valence-corrected chi connectivity index (χ4v) is 3.00. The summed E-state index contributed by atoms with van der Waals surface area (Å²) in [5, 5.41) is 10.2. The first-order valence-corrected chi connectivity index (χ1v) is 7.85. The van der Waals surface area contributed by atoms with Crippen LogP contribution in [-0.4, -0.2) is 61.3 Å². The number of aliphatic hydroxyl groups excluding tert-OH is 1. The largest absolute Gasteiger partial charge is 0.450 e. The van der Waals surface area contributed by atoms with Crippen molar-refractivity contribution < 1.29 is 33.6 Å². The van der Waals surface area contributed by atoms with Crippen LogP contribution in [0.25, 0.3) is 0 Å². The zero-order valence-corrected chi connectivity index (χ0v) is 13.9. The first-order valence-electron chi connectivity index (χ1n) is 7.85. The van der Waals surface area contributed by atoms with Crippen LogP contribution in [0, 0.1) is 0 Å². The van der Waals surface area contributed by atoms with E-state index in [4.69, 9.17) is 23.7 Å². The molecule has 3 rings (SSSR count). The maximum Gasteiger partial charge on any atom is 0.338 e. The summed E-state index contributed by atoms with van der Waals surface area (Å²) in [6.45, 7) is 3.48. The molecule has 2 aliphatic heterocycles. The number of benzene rings is 1. The quantitative estimate of drug-likeness (QED) is 0.826. The van der Waals surface area contributed by atoms with Crippen molar-refractivity contribution >= 4 is 5.97 Å². The summed E-state index contributed by atoms with van der Waals surface area (Å²) in [7, 11) is 1.45. The Morgan fingerprint density at radius 2 is 1.88 bits per heavy atom. The van der Waals surface area contributed by atoms with E-state index in [1.165, 1.54) is 7.11 Å². The third kappa shape index (κ3) is 3.45. The van der Waals surface area contributed by atoms with Gasteiger partial charge in [-0.3, -0.25) is 0 Å². The average molecular weight is 338 g/mol. The highest BCUT2D eigenvalue weighted by molar-refractivity contribution is 5.89. The van der Waals surface area contributed by atoms with E-state index in [9.17, 15) is 9.90 Å². The second-order valence-electron chi connectivity index (χ2n) is 6.31. The van der Waals surface area contributed by atoms with Gasteiger partial charge in [0.15, 0.2) is 18.2 Å². The first kappa shape index (κ1) is 17.3. The number of fused-ring (bicyclic) bond motifs is 1. The summed E-state index contributed by atoms with van der Waals surface area (Å²) in [5.74, 6) is -1.42. The fraction of sp³-hybridized carbons (Fsp3) is 0.588. The van der Waals surface area contributed by atoms with Crippen LogP contribution in [0.1, 0.15) is 24.2 Å². The summed E-state index contributed by atoms with van der Waals surface area (Å²) in [5.41, 5.74) is 0.409. The molecule has 0 radical (unpaired) electrons. The molecule has 0 amide bonds. The maximum absolute atomic E-state index is 12.4. The van der Waals surface area contributed by atoms with Crippen LogP contribution in [0.3, 0.4) is 0 Å². The molecule has 0 aliphatic carbocycles. The van der Waals surface area contributed by atoms with Gasteiger partial charge in [-0.2, -0.15) is 0 Å². The third-order valence-corrected chi connectivity index (χ3v) is 4.05. The van der Waals surface area contributed by atoms with Gasteiger partial charge in [0.1, 0.15) is 18.3 Å². The van der Waals surface area contributed by atoms with Crippen molar-refractivity contribution in [3.63, 3.8) is 0 Å². The molecular formula is C17H22O7. The Kier molecular flexibility index (Phi) is 4.89. The zero-order valence-electron chi connectivity index (χ0n) is 13.9. The summed E-state index contributed by atoms with van der Waals surface area (Å²) < 4.78 is 28.0. The lowest BCUT2D eigenvalue weighted by Crippen LogP contribution is -2.47. The van der Waals surface area contributed by atoms with Crippen molar-refractivity contribution in [2.24, 2.45) is 0 Å². The van der Waals surface area contributed by atoms with Crippen molar-refractivity contribution in [1.82, 2.24) is 0 Å². The molecule has 0 saturated carbocycles. The molecule has 7 nitrogen and oxygen atoms in total. The molecule has 7 heteroatoms. The maximum atomic E-state index is 12.4. The molecule has 0 aromatic heterocycles. The molecular weight excluding hydrogens is 316 g/mol. The van der Waals surface area contributed by atoms with Gasteiger partial charge >= 0.3 is 5.97 Å². The predicted molar refractivity (Wildman–Crippen MR) is 82.2 cm³/mol. The number of rotatable bonds is 3. The summed E-state index contributed by atoms with van der Waals surface area (Å²) in [6, 6.07) is 8.62. The minimum atomic E-state index is -0.908. The number of hydrogen-bond acceptors (Lipinski definition) is 7. The van der Waals surface area contributed by atoms with Crippen LogP contribution in [-0.2, 0) is 23.7 Å². The molecule has 1 aromatic carbocycles. The molecule has 2 fully saturated rings. The minimum absolute atomic E-state index is 0.00149. The van der Waals surface area contributed by atoms with Crippen LogP contribution < -0.4 is 0 Å². The lowest BCUT2D eigenvalue weighted by molar-refractivity contribution is -0.222. The smallest absolute Gasteiger partial charge is 0.338 e. The predicted octanol–water partition coefficient (Wildman–Crippen LogP) is 1.10. The number of carbonyl (C=O) groups excluding carboxylic acids is 1. The molecule has 132 valence electrons. The topological polar surface area (TPSA) is 83.5 Å². The van der Waals surface area contributed by atoms with Crippen LogP contribution in [0.15, 0.2) is 30.3 Å². The van der Waals surface area contributed by atoms with Gasteiger partial charge in [-0.25, -0.2) is 4.79 Å². The Morgan fingerprint density at radius 1 is 1.21 bits per heavy atom. The van der Waals surface area contributed by atoms with Crippen molar-refractivity contribution in [2.75, 3.05) is 13.7 Å². The summed E-state index contributed by atoms with van der Waals surface area (Å²) in [6.07, 6.45) is -4.01. The summed E-state index contributed by atoms with van der Waals surface area (Å²) >= 11 is 0. The normalized spacial score (nSPS) is 35.1.